The number of hydrogen-bond acceptors (Lipinski definition) is 4. The zero-order chi connectivity index (χ0) is 13.7. The molecular formula is C13H18O4S. The van der Waals surface area contributed by atoms with Gasteiger partial charge in [0.1, 0.15) is 16.7 Å². The molecule has 0 saturated carbocycles. The summed E-state index contributed by atoms with van der Waals surface area (Å²) in [6.45, 7) is 3.78. The van der Waals surface area contributed by atoms with Crippen molar-refractivity contribution in [1.82, 2.24) is 0 Å². The lowest BCUT2D eigenvalue weighted by Crippen LogP contribution is -2.22. The van der Waals surface area contributed by atoms with Crippen LogP contribution >= 0.6 is 11.8 Å². The van der Waals surface area contributed by atoms with E-state index < -0.39 is 11.2 Å². The van der Waals surface area contributed by atoms with Gasteiger partial charge in [0.05, 0.1) is 14.2 Å². The summed E-state index contributed by atoms with van der Waals surface area (Å²) in [4.78, 5) is 12.0. The standard InChI is InChI=1S/C13H18O4S/c1-8(2)12(13(14)15)18-11-6-9(16-3)5-10(7-11)17-4/h5-8,12H,1-4H3,(H,14,15)/t12-/m1/s1. The van der Waals surface area contributed by atoms with Crippen molar-refractivity contribution in [3.8, 4) is 11.5 Å². The summed E-state index contributed by atoms with van der Waals surface area (Å²) in [6.07, 6.45) is 0. The molecular weight excluding hydrogens is 252 g/mol. The fraction of sp³-hybridized carbons (Fsp3) is 0.462. The number of ether oxygens (including phenoxy) is 2. The molecule has 1 aromatic carbocycles. The minimum absolute atomic E-state index is 0.0460. The Kier molecular flexibility index (Phi) is 5.34. The Morgan fingerprint density at radius 1 is 1.17 bits per heavy atom. The van der Waals surface area contributed by atoms with E-state index in [0.717, 1.165) is 4.90 Å². The predicted molar refractivity (Wildman–Crippen MR) is 71.7 cm³/mol. The van der Waals surface area contributed by atoms with Gasteiger partial charge in [0.15, 0.2) is 0 Å². The van der Waals surface area contributed by atoms with Gasteiger partial charge < -0.3 is 14.6 Å². The molecule has 0 heterocycles. The number of hydrogen-bond donors (Lipinski definition) is 1. The van der Waals surface area contributed by atoms with Gasteiger partial charge in [-0.3, -0.25) is 4.79 Å². The van der Waals surface area contributed by atoms with E-state index in [1.54, 1.807) is 20.3 Å². The maximum absolute atomic E-state index is 11.2. The zero-order valence-corrected chi connectivity index (χ0v) is 11.8. The van der Waals surface area contributed by atoms with Crippen molar-refractivity contribution in [2.75, 3.05) is 14.2 Å². The molecule has 1 N–H and O–H groups in total. The molecule has 0 aliphatic carbocycles. The molecule has 0 aliphatic heterocycles. The summed E-state index contributed by atoms with van der Waals surface area (Å²) < 4.78 is 10.3. The SMILES string of the molecule is COc1cc(OC)cc(S[C@@H](C(=O)O)C(C)C)c1. The molecule has 0 amide bonds. The van der Waals surface area contributed by atoms with Crippen LogP contribution in [0.1, 0.15) is 13.8 Å². The number of carbonyl (C=O) groups is 1. The van der Waals surface area contributed by atoms with Crippen LogP contribution in [0.25, 0.3) is 0 Å². The zero-order valence-electron chi connectivity index (χ0n) is 11.0. The third kappa shape index (κ3) is 3.84. The van der Waals surface area contributed by atoms with E-state index in [4.69, 9.17) is 9.47 Å². The topological polar surface area (TPSA) is 55.8 Å². The number of carboxylic acids is 1. The van der Waals surface area contributed by atoms with Crippen molar-refractivity contribution in [3.05, 3.63) is 18.2 Å². The second-order valence-corrected chi connectivity index (χ2v) is 5.38. The smallest absolute Gasteiger partial charge is 0.317 e. The van der Waals surface area contributed by atoms with E-state index >= 15 is 0 Å². The summed E-state index contributed by atoms with van der Waals surface area (Å²) in [5.74, 6) is 0.552. The third-order valence-electron chi connectivity index (χ3n) is 2.44. The lowest BCUT2D eigenvalue weighted by atomic mass is 10.1. The summed E-state index contributed by atoms with van der Waals surface area (Å²) in [7, 11) is 3.14. The highest BCUT2D eigenvalue weighted by Crippen LogP contribution is 2.34. The lowest BCUT2D eigenvalue weighted by molar-refractivity contribution is -0.137. The van der Waals surface area contributed by atoms with Gasteiger partial charge in [0.2, 0.25) is 0 Å². The minimum Gasteiger partial charge on any atom is -0.497 e. The number of carboxylic acid groups (broad SMARTS) is 1. The largest absolute Gasteiger partial charge is 0.497 e. The predicted octanol–water partition coefficient (Wildman–Crippen LogP) is 2.91. The van der Waals surface area contributed by atoms with Crippen LogP contribution in [-0.2, 0) is 4.79 Å². The average Bonchev–Trinajstić information content (AvgIpc) is 2.34. The first-order valence-electron chi connectivity index (χ1n) is 5.60. The first-order valence-corrected chi connectivity index (χ1v) is 6.48. The molecule has 4 nitrogen and oxygen atoms in total. The van der Waals surface area contributed by atoms with Crippen LogP contribution in [0.15, 0.2) is 23.1 Å². The minimum atomic E-state index is -0.809. The van der Waals surface area contributed by atoms with Crippen molar-refractivity contribution in [2.24, 2.45) is 5.92 Å². The van der Waals surface area contributed by atoms with Gasteiger partial charge in [0, 0.05) is 11.0 Å². The van der Waals surface area contributed by atoms with Crippen LogP contribution in [0.5, 0.6) is 11.5 Å². The molecule has 0 fully saturated rings. The highest BCUT2D eigenvalue weighted by atomic mass is 32.2. The molecule has 0 saturated heterocycles. The molecule has 1 atom stereocenters. The monoisotopic (exact) mass is 270 g/mol. The van der Waals surface area contributed by atoms with Crippen LogP contribution in [0.4, 0.5) is 0 Å². The Morgan fingerprint density at radius 3 is 2.00 bits per heavy atom. The second kappa shape index (κ2) is 6.54. The molecule has 0 radical (unpaired) electrons. The fourth-order valence-corrected chi connectivity index (χ4v) is 2.50. The molecule has 18 heavy (non-hydrogen) atoms. The highest BCUT2D eigenvalue weighted by Gasteiger charge is 2.23. The summed E-state index contributed by atoms with van der Waals surface area (Å²) >= 11 is 1.30. The molecule has 0 aliphatic rings. The van der Waals surface area contributed by atoms with E-state index in [-0.39, 0.29) is 5.92 Å². The van der Waals surface area contributed by atoms with Crippen LogP contribution < -0.4 is 9.47 Å². The Labute approximate surface area is 111 Å². The first kappa shape index (κ1) is 14.7. The molecule has 0 spiro atoms. The molecule has 0 bridgehead atoms. The van der Waals surface area contributed by atoms with E-state index in [1.807, 2.05) is 26.0 Å². The normalized spacial score (nSPS) is 12.3. The molecule has 5 heteroatoms. The lowest BCUT2D eigenvalue weighted by Gasteiger charge is -2.16. The number of benzene rings is 1. The average molecular weight is 270 g/mol. The quantitative estimate of drug-likeness (QED) is 0.805. The summed E-state index contributed by atoms with van der Waals surface area (Å²) in [5, 5.41) is 8.69. The second-order valence-electron chi connectivity index (χ2n) is 4.17. The Balaban J connectivity index is 2.98. The van der Waals surface area contributed by atoms with Crippen molar-refractivity contribution in [3.63, 3.8) is 0 Å². The molecule has 0 unspecified atom stereocenters. The summed E-state index contributed by atoms with van der Waals surface area (Å²) in [6, 6.07) is 5.38. The van der Waals surface area contributed by atoms with Crippen molar-refractivity contribution in [2.45, 2.75) is 24.0 Å². The summed E-state index contributed by atoms with van der Waals surface area (Å²) in [5.41, 5.74) is 0. The van der Waals surface area contributed by atoms with Gasteiger partial charge in [0.25, 0.3) is 0 Å². The first-order chi connectivity index (χ1) is 8.47. The van der Waals surface area contributed by atoms with E-state index in [9.17, 15) is 9.90 Å². The maximum Gasteiger partial charge on any atom is 0.317 e. The van der Waals surface area contributed by atoms with Crippen LogP contribution in [-0.4, -0.2) is 30.5 Å². The van der Waals surface area contributed by atoms with E-state index in [2.05, 4.69) is 0 Å². The van der Waals surface area contributed by atoms with Gasteiger partial charge in [-0.15, -0.1) is 11.8 Å². The maximum atomic E-state index is 11.2. The van der Waals surface area contributed by atoms with Crippen molar-refractivity contribution >= 4 is 17.7 Å². The van der Waals surface area contributed by atoms with Crippen LogP contribution in [0.2, 0.25) is 0 Å². The number of thioether (sulfide) groups is 1. The number of methoxy groups -OCH3 is 2. The van der Waals surface area contributed by atoms with E-state index in [1.165, 1.54) is 11.8 Å². The number of aliphatic carboxylic acids is 1. The Bertz CT molecular complexity index is 395. The Hall–Kier alpha value is -1.36. The third-order valence-corrected chi connectivity index (χ3v) is 3.94. The van der Waals surface area contributed by atoms with Gasteiger partial charge in [-0.05, 0) is 18.1 Å². The van der Waals surface area contributed by atoms with Gasteiger partial charge in [-0.2, -0.15) is 0 Å². The van der Waals surface area contributed by atoms with Gasteiger partial charge >= 0.3 is 5.97 Å². The van der Waals surface area contributed by atoms with Crippen LogP contribution in [0, 0.1) is 5.92 Å². The Morgan fingerprint density at radius 2 is 1.67 bits per heavy atom. The van der Waals surface area contributed by atoms with E-state index in [0.29, 0.717) is 11.5 Å². The molecule has 1 aromatic rings. The highest BCUT2D eigenvalue weighted by molar-refractivity contribution is 8.00. The number of rotatable bonds is 6. The molecule has 0 aromatic heterocycles. The van der Waals surface area contributed by atoms with Gasteiger partial charge in [-0.25, -0.2) is 0 Å². The van der Waals surface area contributed by atoms with Crippen molar-refractivity contribution in [1.29, 1.82) is 0 Å². The molecule has 100 valence electrons. The molecule has 1 rings (SSSR count). The van der Waals surface area contributed by atoms with Crippen molar-refractivity contribution < 1.29 is 19.4 Å². The van der Waals surface area contributed by atoms with Gasteiger partial charge in [-0.1, -0.05) is 13.8 Å². The fourth-order valence-electron chi connectivity index (χ4n) is 1.47. The van der Waals surface area contributed by atoms with Crippen LogP contribution in [0.3, 0.4) is 0 Å².